The highest BCUT2D eigenvalue weighted by atomic mass is 16.1. The predicted octanol–water partition coefficient (Wildman–Crippen LogP) is 2.27. The number of aryl methyl sites for hydroxylation is 1. The zero-order chi connectivity index (χ0) is 13.9. The first kappa shape index (κ1) is 13.3. The van der Waals surface area contributed by atoms with Gasteiger partial charge in [0.25, 0.3) is 5.56 Å². The van der Waals surface area contributed by atoms with E-state index in [0.717, 1.165) is 18.5 Å². The third-order valence-corrected chi connectivity index (χ3v) is 4.37. The van der Waals surface area contributed by atoms with Crippen molar-refractivity contribution in [2.75, 3.05) is 13.6 Å². The summed E-state index contributed by atoms with van der Waals surface area (Å²) in [5.74, 6) is 0. The van der Waals surface area contributed by atoms with E-state index in [1.165, 1.54) is 25.8 Å². The minimum Gasteiger partial charge on any atom is -0.315 e. The summed E-state index contributed by atoms with van der Waals surface area (Å²) in [5, 5.41) is 0.715. The van der Waals surface area contributed by atoms with Crippen molar-refractivity contribution in [3.63, 3.8) is 0 Å². The van der Waals surface area contributed by atoms with E-state index in [2.05, 4.69) is 16.9 Å². The maximum atomic E-state index is 12.4. The van der Waals surface area contributed by atoms with Crippen LogP contribution in [0.4, 0.5) is 0 Å². The van der Waals surface area contributed by atoms with Crippen molar-refractivity contribution in [3.8, 4) is 0 Å². The van der Waals surface area contributed by atoms with Crippen LogP contribution in [0.5, 0.6) is 0 Å². The normalized spacial score (nSPS) is 20.4. The van der Waals surface area contributed by atoms with Gasteiger partial charge in [0, 0.05) is 25.0 Å². The van der Waals surface area contributed by atoms with Gasteiger partial charge in [0.1, 0.15) is 0 Å². The molecule has 1 aliphatic rings. The van der Waals surface area contributed by atoms with Gasteiger partial charge in [-0.05, 0) is 51.1 Å². The van der Waals surface area contributed by atoms with E-state index >= 15 is 0 Å². The molecule has 0 spiro atoms. The van der Waals surface area contributed by atoms with Gasteiger partial charge in [-0.15, -0.1) is 0 Å². The summed E-state index contributed by atoms with van der Waals surface area (Å²) in [6.07, 6.45) is 8.51. The van der Waals surface area contributed by atoms with E-state index in [4.69, 9.17) is 0 Å². The standard InChI is InChI=1S/C16H21N3O/c1-18-10-3-2-5-13(18)7-11-19-12-8-15-14(16(19)20)6-4-9-17-15/h4,6,8-9,12-13H,2-3,5,7,10-11H2,1H3/t13-/m0/s1. The molecule has 0 bridgehead atoms. The molecule has 0 saturated carbocycles. The number of aromatic nitrogens is 2. The van der Waals surface area contributed by atoms with E-state index in [0.29, 0.717) is 11.4 Å². The van der Waals surface area contributed by atoms with Crippen molar-refractivity contribution < 1.29 is 0 Å². The number of nitrogens with zero attached hydrogens (tertiary/aromatic N) is 3. The van der Waals surface area contributed by atoms with E-state index in [1.54, 1.807) is 6.20 Å². The van der Waals surface area contributed by atoms with Crippen LogP contribution in [0.25, 0.3) is 10.9 Å². The lowest BCUT2D eigenvalue weighted by Crippen LogP contribution is -2.37. The van der Waals surface area contributed by atoms with Crippen LogP contribution < -0.4 is 5.56 Å². The Kier molecular flexibility index (Phi) is 3.83. The Morgan fingerprint density at radius 1 is 1.35 bits per heavy atom. The van der Waals surface area contributed by atoms with Gasteiger partial charge in [0.05, 0.1) is 10.9 Å². The van der Waals surface area contributed by atoms with Crippen molar-refractivity contribution in [2.45, 2.75) is 38.3 Å². The van der Waals surface area contributed by atoms with Crippen LogP contribution in [0.15, 0.2) is 35.4 Å². The van der Waals surface area contributed by atoms with Crippen LogP contribution in [0, 0.1) is 0 Å². The number of hydrogen-bond donors (Lipinski definition) is 0. The first-order valence-corrected chi connectivity index (χ1v) is 7.40. The first-order chi connectivity index (χ1) is 9.75. The molecule has 2 aromatic heterocycles. The Morgan fingerprint density at radius 2 is 2.25 bits per heavy atom. The summed E-state index contributed by atoms with van der Waals surface area (Å²) in [4.78, 5) is 19.0. The van der Waals surface area contributed by atoms with Crippen LogP contribution >= 0.6 is 0 Å². The maximum Gasteiger partial charge on any atom is 0.259 e. The van der Waals surface area contributed by atoms with Gasteiger partial charge >= 0.3 is 0 Å². The van der Waals surface area contributed by atoms with Crippen molar-refractivity contribution in [2.24, 2.45) is 0 Å². The zero-order valence-corrected chi connectivity index (χ0v) is 12.0. The van der Waals surface area contributed by atoms with E-state index in [9.17, 15) is 4.79 Å². The summed E-state index contributed by atoms with van der Waals surface area (Å²) in [6, 6.07) is 6.22. The second-order valence-corrected chi connectivity index (χ2v) is 5.67. The molecule has 4 nitrogen and oxygen atoms in total. The van der Waals surface area contributed by atoms with Gasteiger partial charge in [-0.25, -0.2) is 0 Å². The van der Waals surface area contributed by atoms with Crippen LogP contribution in [0.1, 0.15) is 25.7 Å². The summed E-state index contributed by atoms with van der Waals surface area (Å²) in [5.41, 5.74) is 0.859. The second-order valence-electron chi connectivity index (χ2n) is 5.67. The molecule has 1 fully saturated rings. The smallest absolute Gasteiger partial charge is 0.259 e. The van der Waals surface area contributed by atoms with Gasteiger partial charge in [0.15, 0.2) is 0 Å². The Labute approximate surface area is 119 Å². The molecule has 0 N–H and O–H groups in total. The minimum absolute atomic E-state index is 0.0778. The average molecular weight is 271 g/mol. The van der Waals surface area contributed by atoms with Crippen LogP contribution in [0.3, 0.4) is 0 Å². The quantitative estimate of drug-likeness (QED) is 0.859. The largest absolute Gasteiger partial charge is 0.315 e. The molecule has 0 unspecified atom stereocenters. The van der Waals surface area contributed by atoms with Crippen molar-refractivity contribution >= 4 is 10.9 Å². The second kappa shape index (κ2) is 5.75. The molecule has 106 valence electrons. The van der Waals surface area contributed by atoms with E-state index in [-0.39, 0.29) is 5.56 Å². The highest BCUT2D eigenvalue weighted by Gasteiger charge is 2.18. The Bertz CT molecular complexity index is 649. The van der Waals surface area contributed by atoms with Crippen LogP contribution in [0.2, 0.25) is 0 Å². The lowest BCUT2D eigenvalue weighted by Gasteiger charge is -2.32. The maximum absolute atomic E-state index is 12.4. The molecule has 0 aromatic carbocycles. The fourth-order valence-corrected chi connectivity index (χ4v) is 3.09. The van der Waals surface area contributed by atoms with Crippen LogP contribution in [-0.2, 0) is 6.54 Å². The molecular formula is C16H21N3O. The summed E-state index contributed by atoms with van der Waals surface area (Å²) < 4.78 is 1.83. The predicted molar refractivity (Wildman–Crippen MR) is 80.9 cm³/mol. The van der Waals surface area contributed by atoms with E-state index < -0.39 is 0 Å². The van der Waals surface area contributed by atoms with E-state index in [1.807, 2.05) is 29.0 Å². The molecule has 1 atom stereocenters. The number of fused-ring (bicyclic) bond motifs is 1. The molecule has 1 saturated heterocycles. The molecule has 3 heterocycles. The van der Waals surface area contributed by atoms with Crippen molar-refractivity contribution in [1.29, 1.82) is 0 Å². The van der Waals surface area contributed by atoms with Crippen molar-refractivity contribution in [3.05, 3.63) is 40.9 Å². The van der Waals surface area contributed by atoms with Crippen LogP contribution in [-0.4, -0.2) is 34.1 Å². The summed E-state index contributed by atoms with van der Waals surface area (Å²) in [6.45, 7) is 1.97. The fraction of sp³-hybridized carbons (Fsp3) is 0.500. The van der Waals surface area contributed by atoms with Gasteiger partial charge < -0.3 is 9.47 Å². The Hall–Kier alpha value is -1.68. The van der Waals surface area contributed by atoms with Gasteiger partial charge in [-0.2, -0.15) is 0 Å². The zero-order valence-electron chi connectivity index (χ0n) is 12.0. The monoisotopic (exact) mass is 271 g/mol. The lowest BCUT2D eigenvalue weighted by atomic mass is 10.0. The highest BCUT2D eigenvalue weighted by Crippen LogP contribution is 2.18. The highest BCUT2D eigenvalue weighted by molar-refractivity contribution is 5.76. The number of likely N-dealkylation sites (tertiary alicyclic amines) is 1. The average Bonchev–Trinajstić information content (AvgIpc) is 2.48. The minimum atomic E-state index is 0.0778. The number of rotatable bonds is 3. The third-order valence-electron chi connectivity index (χ3n) is 4.37. The third kappa shape index (κ3) is 2.61. The van der Waals surface area contributed by atoms with Gasteiger partial charge in [-0.3, -0.25) is 9.78 Å². The Balaban J connectivity index is 1.77. The number of pyridine rings is 2. The lowest BCUT2D eigenvalue weighted by molar-refractivity contribution is 0.171. The molecule has 3 rings (SSSR count). The molecule has 1 aliphatic heterocycles. The molecule has 0 aliphatic carbocycles. The molecule has 0 radical (unpaired) electrons. The molecule has 20 heavy (non-hydrogen) atoms. The molecule has 4 heteroatoms. The molecular weight excluding hydrogens is 250 g/mol. The fourth-order valence-electron chi connectivity index (χ4n) is 3.09. The van der Waals surface area contributed by atoms with Gasteiger partial charge in [0.2, 0.25) is 0 Å². The number of piperidine rings is 1. The summed E-state index contributed by atoms with van der Waals surface area (Å²) >= 11 is 0. The topological polar surface area (TPSA) is 38.1 Å². The van der Waals surface area contributed by atoms with Crippen molar-refractivity contribution in [1.82, 2.24) is 14.5 Å². The molecule has 0 amide bonds. The summed E-state index contributed by atoms with van der Waals surface area (Å²) in [7, 11) is 2.19. The van der Waals surface area contributed by atoms with Gasteiger partial charge in [-0.1, -0.05) is 6.42 Å². The number of hydrogen-bond acceptors (Lipinski definition) is 3. The Morgan fingerprint density at radius 3 is 3.10 bits per heavy atom. The first-order valence-electron chi connectivity index (χ1n) is 7.40. The molecule has 2 aromatic rings. The SMILES string of the molecule is CN1CCCC[C@H]1CCn1ccc2ncccc2c1=O.